The molecule has 2 heterocycles. The van der Waals surface area contributed by atoms with Crippen molar-refractivity contribution in [2.24, 2.45) is 0 Å². The zero-order valence-corrected chi connectivity index (χ0v) is 20.9. The van der Waals surface area contributed by atoms with Gasteiger partial charge in [0.2, 0.25) is 0 Å². The van der Waals surface area contributed by atoms with Crippen LogP contribution in [0.25, 0.3) is 5.57 Å². The van der Waals surface area contributed by atoms with Gasteiger partial charge in [0, 0.05) is 25.2 Å². The van der Waals surface area contributed by atoms with E-state index >= 15 is 0 Å². The molecular weight excluding hydrogens is 480 g/mol. The highest BCUT2D eigenvalue weighted by Crippen LogP contribution is 2.43. The van der Waals surface area contributed by atoms with Gasteiger partial charge in [-0.25, -0.2) is 4.39 Å². The molecule has 3 atom stereocenters. The van der Waals surface area contributed by atoms with Crippen LogP contribution < -0.4 is 4.74 Å². The van der Waals surface area contributed by atoms with Gasteiger partial charge in [-0.15, -0.1) is 0 Å². The summed E-state index contributed by atoms with van der Waals surface area (Å²) < 4.78 is 47.0. The zero-order valence-electron chi connectivity index (χ0n) is 20.1. The van der Waals surface area contributed by atoms with Crippen molar-refractivity contribution in [3.05, 3.63) is 94.8 Å². The molecule has 3 aromatic rings. The van der Waals surface area contributed by atoms with Gasteiger partial charge in [-0.3, -0.25) is 13.5 Å². The molecule has 0 amide bonds. The monoisotopic (exact) mass is 509 g/mol. The first-order valence-electron chi connectivity index (χ1n) is 12.2. The Morgan fingerprint density at radius 1 is 1.11 bits per heavy atom. The first-order valence-corrected chi connectivity index (χ1v) is 13.4. The van der Waals surface area contributed by atoms with Crippen LogP contribution in [0.3, 0.4) is 0 Å². The number of alkyl halides is 1. The highest BCUT2D eigenvalue weighted by molar-refractivity contribution is 7.85. The molecule has 2 aliphatic rings. The lowest BCUT2D eigenvalue weighted by molar-refractivity contribution is 0.198. The molecule has 0 bridgehead atoms. The standard InChI is InChI=1S/C29H29F2NO3S/c1-19-3-9-25(27(31)15-19)29-17-26(24-10-6-21(33)16-28(24)36(29)34)20-4-7-22(8-5-20)35-23-11-14-32(18-23)13-2-12-30/h3-10,15-17,23,29,33H,2,11-14,18H2,1H3/t23-,29?,36?/m0/s1. The minimum atomic E-state index is -1.57. The summed E-state index contributed by atoms with van der Waals surface area (Å²) in [5.41, 5.74) is 3.63. The third-order valence-electron chi connectivity index (χ3n) is 6.79. The average Bonchev–Trinajstić information content (AvgIpc) is 3.31. The molecule has 0 saturated carbocycles. The number of likely N-dealkylation sites (tertiary alicyclic amines) is 1. The topological polar surface area (TPSA) is 49.8 Å². The highest BCUT2D eigenvalue weighted by Gasteiger charge is 2.30. The molecule has 5 rings (SSSR count). The van der Waals surface area contributed by atoms with E-state index in [1.54, 1.807) is 18.2 Å². The molecule has 3 aromatic carbocycles. The number of halogens is 2. The average molecular weight is 510 g/mol. The van der Waals surface area contributed by atoms with Crippen molar-refractivity contribution in [2.75, 3.05) is 26.3 Å². The number of fused-ring (bicyclic) bond motifs is 1. The predicted octanol–water partition coefficient (Wildman–Crippen LogP) is 5.95. The van der Waals surface area contributed by atoms with Crippen LogP contribution in [-0.2, 0) is 10.8 Å². The number of benzene rings is 3. The van der Waals surface area contributed by atoms with Gasteiger partial charge >= 0.3 is 0 Å². The molecule has 188 valence electrons. The fraction of sp³-hybridized carbons (Fsp3) is 0.310. The minimum Gasteiger partial charge on any atom is -0.508 e. The van der Waals surface area contributed by atoms with Crippen LogP contribution in [0.5, 0.6) is 11.5 Å². The van der Waals surface area contributed by atoms with E-state index in [2.05, 4.69) is 4.90 Å². The fourth-order valence-electron chi connectivity index (χ4n) is 4.94. The molecule has 1 N–H and O–H groups in total. The third-order valence-corrected chi connectivity index (χ3v) is 8.41. The van der Waals surface area contributed by atoms with E-state index in [-0.39, 0.29) is 18.5 Å². The van der Waals surface area contributed by atoms with E-state index < -0.39 is 21.9 Å². The Balaban J connectivity index is 1.43. The largest absolute Gasteiger partial charge is 0.508 e. The van der Waals surface area contributed by atoms with Crippen molar-refractivity contribution in [3.63, 3.8) is 0 Å². The zero-order chi connectivity index (χ0) is 25.2. The second-order valence-electron chi connectivity index (χ2n) is 9.40. The first-order chi connectivity index (χ1) is 17.4. The Morgan fingerprint density at radius 3 is 2.67 bits per heavy atom. The van der Waals surface area contributed by atoms with Gasteiger partial charge in [-0.2, -0.15) is 0 Å². The Morgan fingerprint density at radius 2 is 1.92 bits per heavy atom. The molecule has 4 nitrogen and oxygen atoms in total. The maximum atomic E-state index is 14.9. The third kappa shape index (κ3) is 5.08. The van der Waals surface area contributed by atoms with Crippen LogP contribution in [0.15, 0.2) is 71.6 Å². The summed E-state index contributed by atoms with van der Waals surface area (Å²) in [6, 6.07) is 17.5. The number of hydrogen-bond acceptors (Lipinski definition) is 4. The van der Waals surface area contributed by atoms with Crippen molar-refractivity contribution < 1.29 is 22.8 Å². The van der Waals surface area contributed by atoms with Crippen molar-refractivity contribution in [3.8, 4) is 11.5 Å². The van der Waals surface area contributed by atoms with Crippen LogP contribution in [0, 0.1) is 12.7 Å². The van der Waals surface area contributed by atoms with Crippen molar-refractivity contribution in [1.82, 2.24) is 4.90 Å². The predicted molar refractivity (Wildman–Crippen MR) is 138 cm³/mol. The number of aromatic hydroxyl groups is 1. The van der Waals surface area contributed by atoms with Crippen LogP contribution in [-0.4, -0.2) is 46.6 Å². The number of phenolic OH excluding ortho intramolecular Hbond substituents is 1. The van der Waals surface area contributed by atoms with Gasteiger partial charge in [-0.1, -0.05) is 30.3 Å². The Kier molecular flexibility index (Phi) is 7.21. The van der Waals surface area contributed by atoms with Gasteiger partial charge in [-0.05, 0) is 78.4 Å². The van der Waals surface area contributed by atoms with Gasteiger partial charge in [0.15, 0.2) is 0 Å². The molecule has 2 aliphatic heterocycles. The van der Waals surface area contributed by atoms with E-state index in [0.29, 0.717) is 16.9 Å². The molecule has 0 radical (unpaired) electrons. The molecule has 0 aromatic heterocycles. The molecule has 0 spiro atoms. The molecule has 0 aliphatic carbocycles. The van der Waals surface area contributed by atoms with Crippen molar-refractivity contribution in [2.45, 2.75) is 36.0 Å². The summed E-state index contributed by atoms with van der Waals surface area (Å²) in [6.45, 7) is 3.97. The number of hydrogen-bond donors (Lipinski definition) is 1. The van der Waals surface area contributed by atoms with Gasteiger partial charge in [0.25, 0.3) is 0 Å². The highest BCUT2D eigenvalue weighted by atomic mass is 32.2. The van der Waals surface area contributed by atoms with Crippen LogP contribution in [0.2, 0.25) is 0 Å². The van der Waals surface area contributed by atoms with E-state index in [4.69, 9.17) is 4.74 Å². The number of aryl methyl sites for hydroxylation is 1. The summed E-state index contributed by atoms with van der Waals surface area (Å²) in [5.74, 6) is 0.379. The second-order valence-corrected chi connectivity index (χ2v) is 10.9. The van der Waals surface area contributed by atoms with Crippen molar-refractivity contribution in [1.29, 1.82) is 0 Å². The Labute approximate surface area is 212 Å². The molecular formula is C29H29F2NO3S. The summed E-state index contributed by atoms with van der Waals surface area (Å²) in [4.78, 5) is 2.71. The van der Waals surface area contributed by atoms with Crippen LogP contribution in [0.1, 0.15) is 40.3 Å². The SMILES string of the molecule is Cc1ccc(C2C=C(c3ccc(O[C@H]4CCN(CCCF)C4)cc3)c3ccc(O)cc3S2=O)c(F)c1. The van der Waals surface area contributed by atoms with E-state index in [9.17, 15) is 18.1 Å². The summed E-state index contributed by atoms with van der Waals surface area (Å²) in [6.07, 6.45) is 3.39. The van der Waals surface area contributed by atoms with Gasteiger partial charge < -0.3 is 9.84 Å². The maximum Gasteiger partial charge on any atom is 0.128 e. The van der Waals surface area contributed by atoms with Gasteiger partial charge in [0.05, 0.1) is 27.6 Å². The fourth-order valence-corrected chi connectivity index (χ4v) is 6.53. The molecule has 36 heavy (non-hydrogen) atoms. The first kappa shape index (κ1) is 24.7. The van der Waals surface area contributed by atoms with Crippen LogP contribution in [0.4, 0.5) is 8.78 Å². The molecule has 2 unspecified atom stereocenters. The Bertz CT molecular complexity index is 1310. The molecule has 7 heteroatoms. The second kappa shape index (κ2) is 10.5. The van der Waals surface area contributed by atoms with Crippen LogP contribution >= 0.6 is 0 Å². The quantitative estimate of drug-likeness (QED) is 0.428. The number of phenols is 1. The van der Waals surface area contributed by atoms with E-state index in [0.717, 1.165) is 54.1 Å². The Hall–Kier alpha value is -3.03. The lowest BCUT2D eigenvalue weighted by Gasteiger charge is -2.25. The maximum absolute atomic E-state index is 14.9. The van der Waals surface area contributed by atoms with Gasteiger partial charge in [0.1, 0.15) is 23.4 Å². The number of nitrogens with zero attached hydrogens (tertiary/aromatic N) is 1. The summed E-state index contributed by atoms with van der Waals surface area (Å²) in [7, 11) is -1.57. The minimum absolute atomic E-state index is 0.0207. The molecule has 1 saturated heterocycles. The summed E-state index contributed by atoms with van der Waals surface area (Å²) >= 11 is 0. The lowest BCUT2D eigenvalue weighted by atomic mass is 9.94. The summed E-state index contributed by atoms with van der Waals surface area (Å²) in [5, 5.41) is 9.40. The number of rotatable bonds is 7. The smallest absolute Gasteiger partial charge is 0.128 e. The normalized spacial score (nSPS) is 21.8. The van der Waals surface area contributed by atoms with E-state index in [1.807, 2.05) is 43.3 Å². The molecule has 1 fully saturated rings. The number of ether oxygens (including phenoxy) is 1. The lowest BCUT2D eigenvalue weighted by Crippen LogP contribution is -2.26. The van der Waals surface area contributed by atoms with Crippen molar-refractivity contribution >= 4 is 16.4 Å². The van der Waals surface area contributed by atoms with E-state index in [1.165, 1.54) is 12.1 Å².